The zero-order valence-electron chi connectivity index (χ0n) is 39.7. The van der Waals surface area contributed by atoms with Gasteiger partial charge < -0.3 is 14.2 Å². The maximum absolute atomic E-state index is 12.8. The van der Waals surface area contributed by atoms with Gasteiger partial charge in [-0.2, -0.15) is 0 Å². The molecule has 0 aliphatic heterocycles. The molecule has 0 N–H and O–H groups in total. The fraction of sp³-hybridized carbons (Fsp3) is 0.942. The summed E-state index contributed by atoms with van der Waals surface area (Å²) in [7, 11) is 0. The normalized spacial score (nSPS) is 12.5. The van der Waals surface area contributed by atoms with E-state index >= 15 is 0 Å². The number of ether oxygens (including phenoxy) is 3. The smallest absolute Gasteiger partial charge is 0.306 e. The van der Waals surface area contributed by atoms with E-state index in [4.69, 9.17) is 14.2 Å². The van der Waals surface area contributed by atoms with E-state index in [1.807, 2.05) is 0 Å². The lowest BCUT2D eigenvalue weighted by molar-refractivity contribution is -0.167. The largest absolute Gasteiger partial charge is 0.462 e. The molecule has 6 heteroatoms. The van der Waals surface area contributed by atoms with Gasteiger partial charge in [-0.05, 0) is 31.1 Å². The molecule has 6 nitrogen and oxygen atoms in total. The van der Waals surface area contributed by atoms with Crippen molar-refractivity contribution in [3.63, 3.8) is 0 Å². The highest BCUT2D eigenvalue weighted by atomic mass is 16.6. The highest BCUT2D eigenvalue weighted by Crippen LogP contribution is 2.18. The molecule has 2 atom stereocenters. The molecule has 0 aliphatic rings. The molecule has 0 radical (unpaired) electrons. The molecule has 0 bridgehead atoms. The van der Waals surface area contributed by atoms with Gasteiger partial charge in [0, 0.05) is 19.3 Å². The van der Waals surface area contributed by atoms with E-state index in [0.29, 0.717) is 19.3 Å². The number of carbonyl (C=O) groups is 3. The van der Waals surface area contributed by atoms with Gasteiger partial charge in [0.2, 0.25) is 0 Å². The summed E-state index contributed by atoms with van der Waals surface area (Å²) in [5.74, 6) is 0.795. The molecule has 344 valence electrons. The number of hydrogen-bond acceptors (Lipinski definition) is 6. The van der Waals surface area contributed by atoms with Gasteiger partial charge in [0.25, 0.3) is 0 Å². The molecular formula is C52H100O6. The van der Waals surface area contributed by atoms with Gasteiger partial charge in [0.05, 0.1) is 0 Å². The average Bonchev–Trinajstić information content (AvgIpc) is 3.21. The van der Waals surface area contributed by atoms with Crippen molar-refractivity contribution < 1.29 is 28.6 Å². The Bertz CT molecular complexity index is 887. The van der Waals surface area contributed by atoms with Crippen molar-refractivity contribution in [1.29, 1.82) is 0 Å². The van der Waals surface area contributed by atoms with Gasteiger partial charge in [0.15, 0.2) is 6.10 Å². The van der Waals surface area contributed by atoms with E-state index in [1.54, 1.807) is 0 Å². The Kier molecular flexibility index (Phi) is 43.7. The molecule has 0 amide bonds. The summed E-state index contributed by atoms with van der Waals surface area (Å²) < 4.78 is 16.8. The molecule has 0 saturated heterocycles. The highest BCUT2D eigenvalue weighted by molar-refractivity contribution is 5.71. The van der Waals surface area contributed by atoms with Crippen LogP contribution in [0.5, 0.6) is 0 Å². The molecule has 0 aromatic rings. The minimum Gasteiger partial charge on any atom is -0.462 e. The van der Waals surface area contributed by atoms with E-state index in [1.165, 1.54) is 173 Å². The van der Waals surface area contributed by atoms with Crippen LogP contribution in [0.25, 0.3) is 0 Å². The minimum absolute atomic E-state index is 0.0643. The topological polar surface area (TPSA) is 78.9 Å². The van der Waals surface area contributed by atoms with Crippen LogP contribution in [0.1, 0.15) is 285 Å². The van der Waals surface area contributed by atoms with Crippen molar-refractivity contribution in [2.24, 2.45) is 11.8 Å². The predicted molar refractivity (Wildman–Crippen MR) is 247 cm³/mol. The summed E-state index contributed by atoms with van der Waals surface area (Å²) in [6.07, 6.45) is 45.2. The Morgan fingerprint density at radius 3 is 0.983 bits per heavy atom. The first kappa shape index (κ1) is 56.4. The van der Waals surface area contributed by atoms with Crippen LogP contribution in [-0.4, -0.2) is 37.2 Å². The lowest BCUT2D eigenvalue weighted by Crippen LogP contribution is -2.30. The predicted octanol–water partition coefficient (Wildman–Crippen LogP) is 16.5. The van der Waals surface area contributed by atoms with E-state index in [-0.39, 0.29) is 31.1 Å². The Hall–Kier alpha value is -1.59. The third-order valence-electron chi connectivity index (χ3n) is 12.1. The van der Waals surface area contributed by atoms with Crippen molar-refractivity contribution in [2.75, 3.05) is 13.2 Å². The summed E-state index contributed by atoms with van der Waals surface area (Å²) in [5, 5.41) is 0. The van der Waals surface area contributed by atoms with E-state index < -0.39 is 6.10 Å². The van der Waals surface area contributed by atoms with Crippen LogP contribution in [0.2, 0.25) is 0 Å². The second-order valence-corrected chi connectivity index (χ2v) is 18.5. The SMILES string of the molecule is CCCCCCCCCCCCCCCCCC(=O)OC[C@H](COC(=O)CCCCCCCCC(C)CC)OC(=O)CCCCCCCCCCCCCCC(C)C. The molecule has 58 heavy (non-hydrogen) atoms. The first-order chi connectivity index (χ1) is 28.3. The zero-order chi connectivity index (χ0) is 42.6. The summed E-state index contributed by atoms with van der Waals surface area (Å²) in [4.78, 5) is 37.9. The van der Waals surface area contributed by atoms with Crippen LogP contribution in [0.3, 0.4) is 0 Å². The molecule has 1 unspecified atom stereocenters. The lowest BCUT2D eigenvalue weighted by atomic mass is 10.00. The third kappa shape index (κ3) is 44.0. The molecule has 0 fully saturated rings. The number of esters is 3. The van der Waals surface area contributed by atoms with Crippen molar-refractivity contribution in [2.45, 2.75) is 291 Å². The molecule has 0 aromatic carbocycles. The number of hydrogen-bond donors (Lipinski definition) is 0. The Labute approximate surface area is 361 Å². The Balaban J connectivity index is 4.30. The van der Waals surface area contributed by atoms with Gasteiger partial charge in [-0.1, -0.05) is 247 Å². The van der Waals surface area contributed by atoms with Gasteiger partial charge in [-0.15, -0.1) is 0 Å². The maximum atomic E-state index is 12.8. The van der Waals surface area contributed by atoms with Crippen LogP contribution in [0.15, 0.2) is 0 Å². The molecule has 0 spiro atoms. The minimum atomic E-state index is -0.762. The second kappa shape index (κ2) is 44.9. The number of rotatable bonds is 46. The number of carbonyl (C=O) groups excluding carboxylic acids is 3. The summed E-state index contributed by atoms with van der Waals surface area (Å²) >= 11 is 0. The quantitative estimate of drug-likeness (QED) is 0.0346. The molecule has 0 rings (SSSR count). The second-order valence-electron chi connectivity index (χ2n) is 18.5. The summed E-state index contributed by atoms with van der Waals surface area (Å²) in [6, 6.07) is 0. The van der Waals surface area contributed by atoms with Gasteiger partial charge in [0.1, 0.15) is 13.2 Å². The fourth-order valence-corrected chi connectivity index (χ4v) is 7.78. The van der Waals surface area contributed by atoms with Crippen molar-refractivity contribution in [3.8, 4) is 0 Å². The zero-order valence-corrected chi connectivity index (χ0v) is 39.7. The van der Waals surface area contributed by atoms with E-state index in [2.05, 4.69) is 34.6 Å². The first-order valence-electron chi connectivity index (χ1n) is 25.8. The van der Waals surface area contributed by atoms with Crippen LogP contribution in [0, 0.1) is 11.8 Å². The Morgan fingerprint density at radius 2 is 0.655 bits per heavy atom. The monoisotopic (exact) mass is 821 g/mol. The standard InChI is InChI=1S/C52H100O6/c1-6-8-9-10-11-12-13-14-15-16-20-23-26-32-37-42-50(53)56-45-49(46-57-51(54)43-38-33-29-28-31-36-41-48(5)7-2)58-52(55)44-39-34-27-24-21-18-17-19-22-25-30-35-40-47(3)4/h47-49H,6-46H2,1-5H3/t48?,49-/m1/s1. The van der Waals surface area contributed by atoms with Crippen LogP contribution in [0.4, 0.5) is 0 Å². The van der Waals surface area contributed by atoms with E-state index in [0.717, 1.165) is 69.6 Å². The molecular weight excluding hydrogens is 721 g/mol. The lowest BCUT2D eigenvalue weighted by Gasteiger charge is -2.18. The summed E-state index contributed by atoms with van der Waals surface area (Å²) in [5.41, 5.74) is 0. The third-order valence-corrected chi connectivity index (χ3v) is 12.1. The van der Waals surface area contributed by atoms with Crippen LogP contribution in [-0.2, 0) is 28.6 Å². The Morgan fingerprint density at radius 1 is 0.362 bits per heavy atom. The molecule has 0 heterocycles. The molecule has 0 saturated carbocycles. The average molecular weight is 821 g/mol. The van der Waals surface area contributed by atoms with Crippen LogP contribution >= 0.6 is 0 Å². The van der Waals surface area contributed by atoms with Gasteiger partial charge in [-0.3, -0.25) is 14.4 Å². The van der Waals surface area contributed by atoms with Crippen LogP contribution < -0.4 is 0 Å². The molecule has 0 aromatic heterocycles. The molecule has 0 aliphatic carbocycles. The van der Waals surface area contributed by atoms with Gasteiger partial charge >= 0.3 is 17.9 Å². The highest BCUT2D eigenvalue weighted by Gasteiger charge is 2.19. The van der Waals surface area contributed by atoms with Crippen molar-refractivity contribution in [1.82, 2.24) is 0 Å². The van der Waals surface area contributed by atoms with E-state index in [9.17, 15) is 14.4 Å². The van der Waals surface area contributed by atoms with Gasteiger partial charge in [-0.25, -0.2) is 0 Å². The van der Waals surface area contributed by atoms with Crippen molar-refractivity contribution in [3.05, 3.63) is 0 Å². The maximum Gasteiger partial charge on any atom is 0.306 e. The number of unbranched alkanes of at least 4 members (excludes halogenated alkanes) is 30. The van der Waals surface area contributed by atoms with Crippen molar-refractivity contribution >= 4 is 17.9 Å². The fourth-order valence-electron chi connectivity index (χ4n) is 7.78. The first-order valence-corrected chi connectivity index (χ1v) is 25.8. The summed E-state index contributed by atoms with van der Waals surface area (Å²) in [6.45, 7) is 11.3.